The molecule has 2 N–H and O–H groups in total. The Bertz CT molecular complexity index is 385. The van der Waals surface area contributed by atoms with Crippen molar-refractivity contribution in [2.24, 2.45) is 5.73 Å². The number of rotatable bonds is 1. The summed E-state index contributed by atoms with van der Waals surface area (Å²) in [5.41, 5.74) is 8.15. The van der Waals surface area contributed by atoms with E-state index in [1.807, 2.05) is 6.07 Å². The lowest BCUT2D eigenvalue weighted by molar-refractivity contribution is 0.334. The largest absolute Gasteiger partial charge is 0.368 e. The van der Waals surface area contributed by atoms with Crippen molar-refractivity contribution in [1.29, 1.82) is 0 Å². The van der Waals surface area contributed by atoms with E-state index in [-0.39, 0.29) is 5.82 Å². The predicted octanol–water partition coefficient (Wildman–Crippen LogP) is 1.68. The molecule has 0 aromatic heterocycles. The van der Waals surface area contributed by atoms with Crippen molar-refractivity contribution < 1.29 is 4.39 Å². The van der Waals surface area contributed by atoms with Crippen LogP contribution in [0.2, 0.25) is 0 Å². The van der Waals surface area contributed by atoms with E-state index in [1.165, 1.54) is 5.56 Å². The minimum atomic E-state index is -0.135. The van der Waals surface area contributed by atoms with Crippen LogP contribution in [0.15, 0.2) is 18.2 Å². The second-order valence-electron chi connectivity index (χ2n) is 4.60. The molecule has 2 aliphatic rings. The van der Waals surface area contributed by atoms with Gasteiger partial charge in [-0.2, -0.15) is 0 Å². The van der Waals surface area contributed by atoms with E-state index in [1.54, 1.807) is 12.1 Å². The zero-order chi connectivity index (χ0) is 10.4. The van der Waals surface area contributed by atoms with Crippen LogP contribution in [0.25, 0.3) is 0 Å². The predicted molar refractivity (Wildman–Crippen MR) is 58.4 cm³/mol. The average molecular weight is 206 g/mol. The molecule has 0 unspecified atom stereocenters. The third-order valence-corrected chi connectivity index (χ3v) is 3.57. The molecule has 0 atom stereocenters. The molecule has 1 aliphatic heterocycles. The average Bonchev–Trinajstić information content (AvgIpc) is 2.56. The molecule has 2 nitrogen and oxygen atoms in total. The summed E-state index contributed by atoms with van der Waals surface area (Å²) in [4.78, 5) is 2.32. The first kappa shape index (κ1) is 9.16. The molecule has 3 rings (SSSR count). The van der Waals surface area contributed by atoms with Gasteiger partial charge in [-0.15, -0.1) is 0 Å². The van der Waals surface area contributed by atoms with Crippen LogP contribution in [-0.4, -0.2) is 18.6 Å². The highest BCUT2D eigenvalue weighted by Gasteiger charge is 2.34. The molecular formula is C12H15FN2. The molecule has 3 heteroatoms. The lowest BCUT2D eigenvalue weighted by Gasteiger charge is -2.40. The molecule has 0 bridgehead atoms. The maximum atomic E-state index is 13.1. The summed E-state index contributed by atoms with van der Waals surface area (Å²) in [5, 5.41) is 0. The van der Waals surface area contributed by atoms with Crippen molar-refractivity contribution in [2.45, 2.75) is 31.3 Å². The Kier molecular flexibility index (Phi) is 1.96. The van der Waals surface area contributed by atoms with Gasteiger partial charge in [-0.05, 0) is 37.0 Å². The molecule has 80 valence electrons. The fraction of sp³-hybridized carbons (Fsp3) is 0.500. The smallest absolute Gasteiger partial charge is 0.125 e. The van der Waals surface area contributed by atoms with Gasteiger partial charge in [0.2, 0.25) is 0 Å². The Labute approximate surface area is 88.9 Å². The van der Waals surface area contributed by atoms with Crippen molar-refractivity contribution in [3.05, 3.63) is 29.6 Å². The summed E-state index contributed by atoms with van der Waals surface area (Å²) < 4.78 is 13.1. The molecule has 0 spiro atoms. The topological polar surface area (TPSA) is 29.3 Å². The number of halogens is 1. The normalized spacial score (nSPS) is 28.8. The van der Waals surface area contributed by atoms with Crippen LogP contribution in [0.1, 0.15) is 18.4 Å². The molecule has 1 heterocycles. The van der Waals surface area contributed by atoms with Crippen LogP contribution in [-0.2, 0) is 6.42 Å². The summed E-state index contributed by atoms with van der Waals surface area (Å²) >= 11 is 0. The van der Waals surface area contributed by atoms with Gasteiger partial charge in [-0.1, -0.05) is 6.07 Å². The molecule has 0 radical (unpaired) electrons. The summed E-state index contributed by atoms with van der Waals surface area (Å²) in [6.45, 7) is 1.02. The van der Waals surface area contributed by atoms with Crippen LogP contribution in [0, 0.1) is 5.82 Å². The Morgan fingerprint density at radius 3 is 2.87 bits per heavy atom. The van der Waals surface area contributed by atoms with Gasteiger partial charge < -0.3 is 10.6 Å². The van der Waals surface area contributed by atoms with Gasteiger partial charge in [0, 0.05) is 24.3 Å². The first-order valence-corrected chi connectivity index (χ1v) is 5.54. The van der Waals surface area contributed by atoms with Gasteiger partial charge in [-0.3, -0.25) is 0 Å². The zero-order valence-electron chi connectivity index (χ0n) is 8.62. The first-order valence-electron chi connectivity index (χ1n) is 5.54. The van der Waals surface area contributed by atoms with Crippen LogP contribution in [0.4, 0.5) is 10.1 Å². The van der Waals surface area contributed by atoms with E-state index >= 15 is 0 Å². The minimum Gasteiger partial charge on any atom is -0.368 e. The second-order valence-corrected chi connectivity index (χ2v) is 4.60. The molecule has 0 saturated heterocycles. The molecule has 15 heavy (non-hydrogen) atoms. The lowest BCUT2D eigenvalue weighted by Crippen LogP contribution is -2.50. The van der Waals surface area contributed by atoms with Gasteiger partial charge >= 0.3 is 0 Å². The number of benzene rings is 1. The number of nitrogens with zero attached hydrogens (tertiary/aromatic N) is 1. The van der Waals surface area contributed by atoms with E-state index in [2.05, 4.69) is 4.90 Å². The quantitative estimate of drug-likeness (QED) is 0.757. The molecule has 1 fully saturated rings. The van der Waals surface area contributed by atoms with E-state index in [0.717, 1.165) is 31.5 Å². The van der Waals surface area contributed by atoms with Gasteiger partial charge in [0.25, 0.3) is 0 Å². The van der Waals surface area contributed by atoms with Crippen molar-refractivity contribution in [3.8, 4) is 0 Å². The standard InChI is InChI=1S/C12H15FN2/c13-9-2-1-8-3-4-15(12(8)5-9)11-6-10(14)7-11/h1-2,5,10-11H,3-4,6-7,14H2. The highest BCUT2D eigenvalue weighted by atomic mass is 19.1. The molecule has 1 saturated carbocycles. The highest BCUT2D eigenvalue weighted by Crippen LogP contribution is 2.35. The Morgan fingerprint density at radius 1 is 1.33 bits per heavy atom. The summed E-state index contributed by atoms with van der Waals surface area (Å²) in [6.07, 6.45) is 3.15. The van der Waals surface area contributed by atoms with E-state index in [0.29, 0.717) is 12.1 Å². The minimum absolute atomic E-state index is 0.135. The van der Waals surface area contributed by atoms with Crippen molar-refractivity contribution in [2.75, 3.05) is 11.4 Å². The summed E-state index contributed by atoms with van der Waals surface area (Å²) in [5.74, 6) is -0.135. The molecule has 1 aliphatic carbocycles. The lowest BCUT2D eigenvalue weighted by atomic mass is 9.86. The third kappa shape index (κ3) is 1.42. The molecule has 1 aromatic rings. The monoisotopic (exact) mass is 206 g/mol. The number of hydrogen-bond acceptors (Lipinski definition) is 2. The Hall–Kier alpha value is -1.09. The third-order valence-electron chi connectivity index (χ3n) is 3.57. The number of nitrogens with two attached hydrogens (primary N) is 1. The van der Waals surface area contributed by atoms with Gasteiger partial charge in [0.15, 0.2) is 0 Å². The second kappa shape index (κ2) is 3.20. The van der Waals surface area contributed by atoms with Crippen LogP contribution in [0.5, 0.6) is 0 Å². The van der Waals surface area contributed by atoms with Crippen molar-refractivity contribution in [3.63, 3.8) is 0 Å². The van der Waals surface area contributed by atoms with Gasteiger partial charge in [0.05, 0.1) is 0 Å². The first-order chi connectivity index (χ1) is 7.24. The maximum absolute atomic E-state index is 13.1. The van der Waals surface area contributed by atoms with Crippen LogP contribution >= 0.6 is 0 Å². The number of fused-ring (bicyclic) bond motifs is 1. The van der Waals surface area contributed by atoms with Gasteiger partial charge in [-0.25, -0.2) is 4.39 Å². The van der Waals surface area contributed by atoms with E-state index in [4.69, 9.17) is 5.73 Å². The van der Waals surface area contributed by atoms with Crippen LogP contribution in [0.3, 0.4) is 0 Å². The van der Waals surface area contributed by atoms with Crippen molar-refractivity contribution in [1.82, 2.24) is 0 Å². The van der Waals surface area contributed by atoms with Crippen LogP contribution < -0.4 is 10.6 Å². The Morgan fingerprint density at radius 2 is 2.13 bits per heavy atom. The van der Waals surface area contributed by atoms with E-state index < -0.39 is 0 Å². The van der Waals surface area contributed by atoms with Gasteiger partial charge in [0.1, 0.15) is 5.82 Å². The SMILES string of the molecule is NC1CC(N2CCc3ccc(F)cc32)C1. The fourth-order valence-electron chi connectivity index (χ4n) is 2.64. The maximum Gasteiger partial charge on any atom is 0.125 e. The molecule has 0 amide bonds. The fourth-order valence-corrected chi connectivity index (χ4v) is 2.64. The number of anilines is 1. The number of hydrogen-bond donors (Lipinski definition) is 1. The zero-order valence-corrected chi connectivity index (χ0v) is 8.62. The summed E-state index contributed by atoms with van der Waals surface area (Å²) in [6, 6.07) is 6.01. The Balaban J connectivity index is 1.87. The molecular weight excluding hydrogens is 191 g/mol. The van der Waals surface area contributed by atoms with Crippen molar-refractivity contribution >= 4 is 5.69 Å². The van der Waals surface area contributed by atoms with E-state index in [9.17, 15) is 4.39 Å². The summed E-state index contributed by atoms with van der Waals surface area (Å²) in [7, 11) is 0. The highest BCUT2D eigenvalue weighted by molar-refractivity contribution is 5.59. The molecule has 1 aromatic carbocycles.